The van der Waals surface area contributed by atoms with Crippen molar-refractivity contribution in [3.8, 4) is 6.07 Å². The third kappa shape index (κ3) is 5.32. The number of nitriles is 1. The molecular formula is C10H14N4O3S2. The van der Waals surface area contributed by atoms with Crippen LogP contribution in [0.4, 0.5) is 5.13 Å². The topological polar surface area (TPSA) is 113 Å². The molecule has 9 heteroatoms. The molecule has 0 bridgehead atoms. The van der Waals surface area contributed by atoms with Crippen LogP contribution >= 0.6 is 11.3 Å². The number of amides is 1. The van der Waals surface area contributed by atoms with Gasteiger partial charge in [0.1, 0.15) is 10.8 Å². The molecule has 19 heavy (non-hydrogen) atoms. The highest BCUT2D eigenvalue weighted by atomic mass is 32.2. The quantitative estimate of drug-likeness (QED) is 0.836. The summed E-state index contributed by atoms with van der Waals surface area (Å²) in [5, 5.41) is 19.4. The minimum atomic E-state index is -3.55. The van der Waals surface area contributed by atoms with Crippen LogP contribution in [-0.2, 0) is 14.6 Å². The van der Waals surface area contributed by atoms with Gasteiger partial charge in [-0.2, -0.15) is 5.26 Å². The first-order valence-corrected chi connectivity index (χ1v) is 8.18. The van der Waals surface area contributed by atoms with E-state index in [1.54, 1.807) is 6.07 Å². The molecule has 104 valence electrons. The second-order valence-corrected chi connectivity index (χ2v) is 7.34. The van der Waals surface area contributed by atoms with Gasteiger partial charge in [0.25, 0.3) is 0 Å². The molecule has 0 atom stereocenters. The maximum Gasteiger partial charge on any atom is 0.241 e. The number of nitrogens with zero attached hydrogens (tertiary/aromatic N) is 3. The first-order valence-electron chi connectivity index (χ1n) is 5.54. The van der Waals surface area contributed by atoms with Crippen LogP contribution in [0, 0.1) is 11.3 Å². The average molecular weight is 302 g/mol. The lowest BCUT2D eigenvalue weighted by Crippen LogP contribution is -2.24. The van der Waals surface area contributed by atoms with Gasteiger partial charge in [-0.25, -0.2) is 8.42 Å². The average Bonchev–Trinajstić information content (AvgIpc) is 2.74. The van der Waals surface area contributed by atoms with Crippen LogP contribution in [-0.4, -0.2) is 36.0 Å². The summed E-state index contributed by atoms with van der Waals surface area (Å²) in [5.74, 6) is -1.43. The molecule has 1 heterocycles. The Morgan fingerprint density at radius 3 is 2.68 bits per heavy atom. The zero-order chi connectivity index (χ0) is 14.5. The largest absolute Gasteiger partial charge is 0.300 e. The van der Waals surface area contributed by atoms with E-state index in [9.17, 15) is 13.2 Å². The summed E-state index contributed by atoms with van der Waals surface area (Å²) < 4.78 is 22.9. The summed E-state index contributed by atoms with van der Waals surface area (Å²) in [6, 6.07) is 1.73. The highest BCUT2D eigenvalue weighted by Gasteiger charge is 2.18. The van der Waals surface area contributed by atoms with Gasteiger partial charge in [-0.05, 0) is 0 Å². The van der Waals surface area contributed by atoms with Crippen molar-refractivity contribution in [1.82, 2.24) is 10.2 Å². The number of hydrogen-bond donors (Lipinski definition) is 1. The van der Waals surface area contributed by atoms with Gasteiger partial charge in [-0.15, -0.1) is 10.2 Å². The van der Waals surface area contributed by atoms with Crippen LogP contribution < -0.4 is 5.32 Å². The van der Waals surface area contributed by atoms with E-state index in [0.29, 0.717) is 0 Å². The molecule has 1 N–H and O–H groups in total. The Morgan fingerprint density at radius 1 is 1.47 bits per heavy atom. The molecule has 0 spiro atoms. The smallest absolute Gasteiger partial charge is 0.241 e. The Labute approximate surface area is 115 Å². The van der Waals surface area contributed by atoms with Gasteiger partial charge in [0.15, 0.2) is 9.84 Å². The molecule has 7 nitrogen and oxygen atoms in total. The highest BCUT2D eigenvalue weighted by molar-refractivity contribution is 7.92. The summed E-state index contributed by atoms with van der Waals surface area (Å²) in [6.45, 7) is 3.89. The van der Waals surface area contributed by atoms with Crippen LogP contribution in [0.2, 0.25) is 0 Å². The second-order valence-electron chi connectivity index (χ2n) is 4.15. The van der Waals surface area contributed by atoms with E-state index in [0.717, 1.165) is 5.01 Å². The number of aromatic nitrogens is 2. The molecule has 0 aliphatic heterocycles. The Morgan fingerprint density at radius 2 is 2.16 bits per heavy atom. The lowest BCUT2D eigenvalue weighted by Gasteiger charge is -2.01. The van der Waals surface area contributed by atoms with Crippen LogP contribution in [0.15, 0.2) is 0 Å². The number of rotatable bonds is 6. The van der Waals surface area contributed by atoms with E-state index in [1.165, 1.54) is 11.3 Å². The Hall–Kier alpha value is -1.53. The van der Waals surface area contributed by atoms with Gasteiger partial charge in [-0.3, -0.25) is 10.1 Å². The maximum absolute atomic E-state index is 11.5. The van der Waals surface area contributed by atoms with Crippen LogP contribution in [0.3, 0.4) is 0 Å². The fourth-order valence-corrected chi connectivity index (χ4v) is 2.93. The van der Waals surface area contributed by atoms with E-state index >= 15 is 0 Å². The highest BCUT2D eigenvalue weighted by Crippen LogP contribution is 2.22. The van der Waals surface area contributed by atoms with Gasteiger partial charge in [0.2, 0.25) is 11.0 Å². The zero-order valence-electron chi connectivity index (χ0n) is 10.6. The van der Waals surface area contributed by atoms with Crippen molar-refractivity contribution in [2.75, 3.05) is 16.8 Å². The molecule has 0 aliphatic rings. The third-order valence-electron chi connectivity index (χ3n) is 2.06. The van der Waals surface area contributed by atoms with Gasteiger partial charge in [0, 0.05) is 12.3 Å². The lowest BCUT2D eigenvalue weighted by molar-refractivity contribution is -0.113. The van der Waals surface area contributed by atoms with E-state index in [-0.39, 0.29) is 23.2 Å². The van der Waals surface area contributed by atoms with Crippen molar-refractivity contribution in [1.29, 1.82) is 5.26 Å². The van der Waals surface area contributed by atoms with Gasteiger partial charge < -0.3 is 0 Å². The minimum Gasteiger partial charge on any atom is -0.300 e. The van der Waals surface area contributed by atoms with Crippen LogP contribution in [0.5, 0.6) is 0 Å². The number of sulfone groups is 1. The molecule has 0 aromatic carbocycles. The standard InChI is InChI=1S/C10H14N4O3S2/c1-7(2)9-13-14-10(18-9)12-8(15)6-19(16,17)5-3-4-11/h7H,3,5-6H2,1-2H3,(H,12,14,15). The predicted octanol–water partition coefficient (Wildman–Crippen LogP) is 0.928. The van der Waals surface area contributed by atoms with Crippen LogP contribution in [0.25, 0.3) is 0 Å². The summed E-state index contributed by atoms with van der Waals surface area (Å²) in [4.78, 5) is 11.5. The molecule has 0 saturated heterocycles. The van der Waals surface area contributed by atoms with Crippen molar-refractivity contribution in [3.63, 3.8) is 0 Å². The van der Waals surface area contributed by atoms with Crippen LogP contribution in [0.1, 0.15) is 31.2 Å². The van der Waals surface area contributed by atoms with Gasteiger partial charge in [0.05, 0.1) is 11.8 Å². The summed E-state index contributed by atoms with van der Waals surface area (Å²) in [7, 11) is -3.55. The molecule has 0 saturated carbocycles. The lowest BCUT2D eigenvalue weighted by atomic mass is 10.2. The Kier molecular flexibility index (Phi) is 5.38. The molecule has 1 aromatic heterocycles. The van der Waals surface area contributed by atoms with E-state index in [1.807, 2.05) is 13.8 Å². The zero-order valence-corrected chi connectivity index (χ0v) is 12.2. The summed E-state index contributed by atoms with van der Waals surface area (Å²) in [5.41, 5.74) is 0. The minimum absolute atomic E-state index is 0.119. The van der Waals surface area contributed by atoms with Crippen molar-refractivity contribution >= 4 is 32.2 Å². The second kappa shape index (κ2) is 6.58. The molecule has 0 radical (unpaired) electrons. The van der Waals surface area contributed by atoms with Crippen molar-refractivity contribution in [3.05, 3.63) is 5.01 Å². The van der Waals surface area contributed by atoms with E-state index in [4.69, 9.17) is 5.26 Å². The molecule has 1 amide bonds. The fraction of sp³-hybridized carbons (Fsp3) is 0.600. The summed E-state index contributed by atoms with van der Waals surface area (Å²) >= 11 is 1.21. The first kappa shape index (κ1) is 15.5. The van der Waals surface area contributed by atoms with Crippen molar-refractivity contribution in [2.45, 2.75) is 26.2 Å². The first-order chi connectivity index (χ1) is 8.84. The SMILES string of the molecule is CC(C)c1nnc(NC(=O)CS(=O)(=O)CCC#N)s1. The number of carbonyl (C=O) groups excluding carboxylic acids is 1. The van der Waals surface area contributed by atoms with Crippen molar-refractivity contribution < 1.29 is 13.2 Å². The number of carbonyl (C=O) groups is 1. The van der Waals surface area contributed by atoms with E-state index < -0.39 is 21.5 Å². The molecule has 0 fully saturated rings. The van der Waals surface area contributed by atoms with Gasteiger partial charge in [-0.1, -0.05) is 25.2 Å². The number of hydrogen-bond acceptors (Lipinski definition) is 7. The molecule has 0 aliphatic carbocycles. The monoisotopic (exact) mass is 302 g/mol. The molecule has 1 rings (SSSR count). The Balaban J connectivity index is 2.58. The molecular weight excluding hydrogens is 288 g/mol. The van der Waals surface area contributed by atoms with Crippen molar-refractivity contribution in [2.24, 2.45) is 0 Å². The Bertz CT molecular complexity index is 586. The molecule has 1 aromatic rings. The number of nitrogens with one attached hydrogen (secondary N) is 1. The summed E-state index contributed by atoms with van der Waals surface area (Å²) in [6.07, 6.45) is -0.119. The number of anilines is 1. The van der Waals surface area contributed by atoms with Gasteiger partial charge >= 0.3 is 0 Å². The molecule has 0 unspecified atom stereocenters. The normalized spacial score (nSPS) is 11.3. The predicted molar refractivity (Wildman–Crippen MR) is 71.5 cm³/mol. The maximum atomic E-state index is 11.5. The van der Waals surface area contributed by atoms with E-state index in [2.05, 4.69) is 15.5 Å². The fourth-order valence-electron chi connectivity index (χ4n) is 1.15. The third-order valence-corrected chi connectivity index (χ3v) is 4.72.